The van der Waals surface area contributed by atoms with Gasteiger partial charge in [0.05, 0.1) is 0 Å². The Labute approximate surface area is 148 Å². The Balaban J connectivity index is 1.60. The third kappa shape index (κ3) is 4.35. The Morgan fingerprint density at radius 2 is 2.08 bits per heavy atom. The minimum Gasteiger partial charge on any atom is -0.444 e. The van der Waals surface area contributed by atoms with Crippen LogP contribution in [0.1, 0.15) is 27.2 Å². The number of carbonyl (C=O) groups excluding carboxylic acids is 1. The number of amides is 1. The number of nitrogens with zero attached hydrogens (tertiary/aromatic N) is 5. The van der Waals surface area contributed by atoms with Gasteiger partial charge in [0.2, 0.25) is 0 Å². The van der Waals surface area contributed by atoms with Crippen molar-refractivity contribution in [1.29, 1.82) is 0 Å². The van der Waals surface area contributed by atoms with Crippen molar-refractivity contribution in [1.82, 2.24) is 19.9 Å². The van der Waals surface area contributed by atoms with E-state index >= 15 is 0 Å². The van der Waals surface area contributed by atoms with Crippen molar-refractivity contribution in [3.05, 3.63) is 24.5 Å². The molecule has 3 rings (SSSR count). The van der Waals surface area contributed by atoms with Gasteiger partial charge in [0.1, 0.15) is 16.9 Å². The van der Waals surface area contributed by atoms with Crippen LogP contribution in [0.3, 0.4) is 0 Å². The predicted octanol–water partition coefficient (Wildman–Crippen LogP) is 2.72. The number of ether oxygens (including phenoxy) is 1. The van der Waals surface area contributed by atoms with Crippen LogP contribution in [-0.4, -0.2) is 58.2 Å². The van der Waals surface area contributed by atoms with Crippen LogP contribution in [0.4, 0.5) is 10.6 Å². The Kier molecular flexibility index (Phi) is 4.74. The minimum atomic E-state index is -0.469. The molecular weight excluding hydrogens is 318 g/mol. The first-order chi connectivity index (χ1) is 11.8. The second kappa shape index (κ2) is 6.82. The van der Waals surface area contributed by atoms with E-state index in [1.807, 2.05) is 32.9 Å². The van der Waals surface area contributed by atoms with Crippen molar-refractivity contribution in [2.45, 2.75) is 32.8 Å². The van der Waals surface area contributed by atoms with E-state index in [-0.39, 0.29) is 6.09 Å². The highest BCUT2D eigenvalue weighted by Crippen LogP contribution is 2.24. The van der Waals surface area contributed by atoms with E-state index in [1.54, 1.807) is 24.3 Å². The van der Waals surface area contributed by atoms with Gasteiger partial charge in [-0.3, -0.25) is 4.98 Å². The first-order valence-corrected chi connectivity index (χ1v) is 8.59. The quantitative estimate of drug-likeness (QED) is 0.853. The minimum absolute atomic E-state index is 0.273. The average Bonchev–Trinajstić information content (AvgIpc) is 3.01. The Bertz CT molecular complexity index is 758. The van der Waals surface area contributed by atoms with Crippen LogP contribution in [0.5, 0.6) is 0 Å². The number of rotatable bonds is 3. The van der Waals surface area contributed by atoms with Gasteiger partial charge >= 0.3 is 6.09 Å². The molecule has 2 aromatic rings. The molecule has 0 bridgehead atoms. The Morgan fingerprint density at radius 1 is 1.32 bits per heavy atom. The number of fused-ring (bicyclic) bond motifs is 1. The highest BCUT2D eigenvalue weighted by atomic mass is 16.6. The number of hydrogen-bond donors (Lipinski definition) is 0. The molecule has 0 aliphatic carbocycles. The van der Waals surface area contributed by atoms with Crippen molar-refractivity contribution in [2.24, 2.45) is 5.92 Å². The molecule has 1 saturated heterocycles. The van der Waals surface area contributed by atoms with Gasteiger partial charge in [-0.15, -0.1) is 0 Å². The normalized spacial score (nSPS) is 17.8. The second-order valence-electron chi connectivity index (χ2n) is 7.53. The number of aromatic nitrogens is 3. The third-order valence-electron chi connectivity index (χ3n) is 4.16. The summed E-state index contributed by atoms with van der Waals surface area (Å²) in [6.45, 7) is 8.11. The van der Waals surface area contributed by atoms with Crippen LogP contribution in [0, 0.1) is 5.92 Å². The topological polar surface area (TPSA) is 71.5 Å². The van der Waals surface area contributed by atoms with Crippen LogP contribution < -0.4 is 4.90 Å². The highest BCUT2D eigenvalue weighted by molar-refractivity contribution is 5.71. The smallest absolute Gasteiger partial charge is 0.410 e. The summed E-state index contributed by atoms with van der Waals surface area (Å²) in [5, 5.41) is 0. The molecule has 1 aliphatic heterocycles. The van der Waals surface area contributed by atoms with Crippen LogP contribution in [0.25, 0.3) is 11.2 Å². The van der Waals surface area contributed by atoms with Gasteiger partial charge in [-0.05, 0) is 45.2 Å². The van der Waals surface area contributed by atoms with Crippen LogP contribution in [-0.2, 0) is 4.74 Å². The lowest BCUT2D eigenvalue weighted by atomic mass is 10.1. The molecule has 0 spiro atoms. The van der Waals surface area contributed by atoms with Gasteiger partial charge < -0.3 is 14.5 Å². The molecule has 7 nitrogen and oxygen atoms in total. The molecule has 1 unspecified atom stereocenters. The van der Waals surface area contributed by atoms with E-state index in [2.05, 4.69) is 19.9 Å². The van der Waals surface area contributed by atoms with E-state index in [4.69, 9.17) is 4.74 Å². The molecule has 1 fully saturated rings. The van der Waals surface area contributed by atoms with Crippen LogP contribution in [0.15, 0.2) is 24.5 Å². The molecule has 7 heteroatoms. The zero-order valence-corrected chi connectivity index (χ0v) is 15.3. The lowest BCUT2D eigenvalue weighted by Gasteiger charge is -2.26. The van der Waals surface area contributed by atoms with Gasteiger partial charge in [0, 0.05) is 39.1 Å². The van der Waals surface area contributed by atoms with Crippen molar-refractivity contribution < 1.29 is 9.53 Å². The molecule has 0 aromatic carbocycles. The summed E-state index contributed by atoms with van der Waals surface area (Å²) in [5.41, 5.74) is 0.990. The summed E-state index contributed by atoms with van der Waals surface area (Å²) in [7, 11) is 1.79. The predicted molar refractivity (Wildman–Crippen MR) is 96.5 cm³/mol. The van der Waals surface area contributed by atoms with E-state index in [0.29, 0.717) is 18.1 Å². The monoisotopic (exact) mass is 343 g/mol. The molecule has 1 amide bonds. The summed E-state index contributed by atoms with van der Waals surface area (Å²) >= 11 is 0. The molecule has 25 heavy (non-hydrogen) atoms. The van der Waals surface area contributed by atoms with Gasteiger partial charge in [0.15, 0.2) is 5.65 Å². The van der Waals surface area contributed by atoms with Crippen molar-refractivity contribution in [3.63, 3.8) is 0 Å². The molecule has 3 heterocycles. The van der Waals surface area contributed by atoms with E-state index in [9.17, 15) is 4.79 Å². The largest absolute Gasteiger partial charge is 0.444 e. The first kappa shape index (κ1) is 17.4. The van der Waals surface area contributed by atoms with Crippen molar-refractivity contribution >= 4 is 23.1 Å². The van der Waals surface area contributed by atoms with Crippen LogP contribution >= 0.6 is 0 Å². The SMILES string of the molecule is CN(CC1CCN(c2ccc3nccnc3n2)C1)C(=O)OC(C)(C)C. The van der Waals surface area contributed by atoms with Gasteiger partial charge in [-0.25, -0.2) is 14.8 Å². The molecule has 0 saturated carbocycles. The molecular formula is C18H25N5O2. The number of anilines is 1. The number of hydrogen-bond acceptors (Lipinski definition) is 6. The average molecular weight is 343 g/mol. The summed E-state index contributed by atoms with van der Waals surface area (Å²) in [4.78, 5) is 29.1. The molecule has 1 aliphatic rings. The first-order valence-electron chi connectivity index (χ1n) is 8.59. The summed E-state index contributed by atoms with van der Waals surface area (Å²) in [6.07, 6.45) is 4.07. The second-order valence-corrected chi connectivity index (χ2v) is 7.53. The molecule has 134 valence electrons. The summed E-state index contributed by atoms with van der Waals surface area (Å²) in [6, 6.07) is 3.93. The van der Waals surface area contributed by atoms with E-state index < -0.39 is 5.60 Å². The molecule has 1 atom stereocenters. The van der Waals surface area contributed by atoms with Gasteiger partial charge in [0.25, 0.3) is 0 Å². The fraction of sp³-hybridized carbons (Fsp3) is 0.556. The number of pyridine rings is 1. The molecule has 0 radical (unpaired) electrons. The zero-order valence-electron chi connectivity index (χ0n) is 15.3. The van der Waals surface area contributed by atoms with Gasteiger partial charge in [-0.2, -0.15) is 0 Å². The van der Waals surface area contributed by atoms with Gasteiger partial charge in [-0.1, -0.05) is 0 Å². The maximum absolute atomic E-state index is 12.1. The standard InChI is InChI=1S/C18H25N5O2/c1-18(2,3)25-17(24)22(4)11-13-7-10-23(12-13)15-6-5-14-16(21-15)20-9-8-19-14/h5-6,8-9,13H,7,10-12H2,1-4H3. The summed E-state index contributed by atoms with van der Waals surface area (Å²) in [5.74, 6) is 1.31. The third-order valence-corrected chi connectivity index (χ3v) is 4.16. The Morgan fingerprint density at radius 3 is 2.84 bits per heavy atom. The molecule has 0 N–H and O–H groups in total. The van der Waals surface area contributed by atoms with E-state index in [1.165, 1.54) is 0 Å². The maximum Gasteiger partial charge on any atom is 0.410 e. The zero-order chi connectivity index (χ0) is 18.0. The Hall–Kier alpha value is -2.44. The van der Waals surface area contributed by atoms with Crippen molar-refractivity contribution in [2.75, 3.05) is 31.6 Å². The highest BCUT2D eigenvalue weighted by Gasteiger charge is 2.27. The lowest BCUT2D eigenvalue weighted by molar-refractivity contribution is 0.0277. The fourth-order valence-electron chi connectivity index (χ4n) is 3.01. The maximum atomic E-state index is 12.1. The van der Waals surface area contributed by atoms with Crippen molar-refractivity contribution in [3.8, 4) is 0 Å². The van der Waals surface area contributed by atoms with Crippen LogP contribution in [0.2, 0.25) is 0 Å². The lowest BCUT2D eigenvalue weighted by Crippen LogP contribution is -2.37. The fourth-order valence-corrected chi connectivity index (χ4v) is 3.01. The number of carbonyl (C=O) groups is 1. The summed E-state index contributed by atoms with van der Waals surface area (Å²) < 4.78 is 5.42. The molecule has 2 aromatic heterocycles. The van der Waals surface area contributed by atoms with E-state index in [0.717, 1.165) is 30.8 Å².